The summed E-state index contributed by atoms with van der Waals surface area (Å²) in [6.07, 6.45) is 4.63. The highest BCUT2D eigenvalue weighted by molar-refractivity contribution is 9.10. The largest absolute Gasteiger partial charge is 0.469 e. The van der Waals surface area contributed by atoms with E-state index in [1.54, 1.807) is 12.5 Å². The van der Waals surface area contributed by atoms with Crippen LogP contribution in [0.4, 0.5) is 5.82 Å². The Morgan fingerprint density at radius 1 is 1.44 bits per heavy atom. The maximum absolute atomic E-state index is 5.38. The molecule has 1 fully saturated rings. The molecule has 82 valence electrons. The van der Waals surface area contributed by atoms with Gasteiger partial charge in [0.15, 0.2) is 0 Å². The predicted molar refractivity (Wildman–Crippen MR) is 65.4 cm³/mol. The van der Waals surface area contributed by atoms with Gasteiger partial charge in [-0.2, -0.15) is 0 Å². The van der Waals surface area contributed by atoms with E-state index in [9.17, 15) is 0 Å². The summed E-state index contributed by atoms with van der Waals surface area (Å²) in [6.45, 7) is 0. The SMILES string of the molecule is Brc1ccnc(N[C@@H]2C[C@H]2c2ccco2)c1. The second-order valence-electron chi connectivity index (χ2n) is 3.97. The zero-order chi connectivity index (χ0) is 11.0. The molecule has 0 bridgehead atoms. The molecule has 3 nitrogen and oxygen atoms in total. The van der Waals surface area contributed by atoms with Crippen LogP contribution in [0, 0.1) is 0 Å². The van der Waals surface area contributed by atoms with Crippen molar-refractivity contribution in [2.24, 2.45) is 0 Å². The van der Waals surface area contributed by atoms with Crippen molar-refractivity contribution in [3.8, 4) is 0 Å². The van der Waals surface area contributed by atoms with Crippen LogP contribution in [0.1, 0.15) is 18.1 Å². The fourth-order valence-electron chi connectivity index (χ4n) is 1.84. The number of nitrogens with one attached hydrogen (secondary N) is 1. The van der Waals surface area contributed by atoms with Gasteiger partial charge >= 0.3 is 0 Å². The molecule has 2 aromatic rings. The molecule has 0 unspecified atom stereocenters. The maximum Gasteiger partial charge on any atom is 0.127 e. The molecule has 0 aromatic carbocycles. The summed E-state index contributed by atoms with van der Waals surface area (Å²) < 4.78 is 6.42. The van der Waals surface area contributed by atoms with Gasteiger partial charge in [-0.1, -0.05) is 15.9 Å². The number of pyridine rings is 1. The highest BCUT2D eigenvalue weighted by Crippen LogP contribution is 2.42. The average molecular weight is 279 g/mol. The molecule has 0 radical (unpaired) electrons. The van der Waals surface area contributed by atoms with Crippen molar-refractivity contribution in [2.45, 2.75) is 18.4 Å². The van der Waals surface area contributed by atoms with Crippen molar-refractivity contribution in [1.29, 1.82) is 0 Å². The Morgan fingerprint density at radius 3 is 3.12 bits per heavy atom. The lowest BCUT2D eigenvalue weighted by molar-refractivity contribution is 0.510. The molecule has 0 aliphatic heterocycles. The van der Waals surface area contributed by atoms with Gasteiger partial charge in [-0.3, -0.25) is 0 Å². The van der Waals surface area contributed by atoms with Crippen molar-refractivity contribution in [3.63, 3.8) is 0 Å². The minimum atomic E-state index is 0.452. The minimum Gasteiger partial charge on any atom is -0.469 e. The summed E-state index contributed by atoms with van der Waals surface area (Å²) in [7, 11) is 0. The van der Waals surface area contributed by atoms with Gasteiger partial charge in [0.05, 0.1) is 6.26 Å². The number of nitrogens with zero attached hydrogens (tertiary/aromatic N) is 1. The molecular weight excluding hydrogens is 268 g/mol. The zero-order valence-electron chi connectivity index (χ0n) is 8.56. The summed E-state index contributed by atoms with van der Waals surface area (Å²) in [5, 5.41) is 3.39. The van der Waals surface area contributed by atoms with Gasteiger partial charge in [-0.25, -0.2) is 4.98 Å². The van der Waals surface area contributed by atoms with Gasteiger partial charge in [0, 0.05) is 22.6 Å². The lowest BCUT2D eigenvalue weighted by Crippen LogP contribution is -2.05. The normalized spacial score (nSPS) is 23.1. The van der Waals surface area contributed by atoms with Crippen molar-refractivity contribution in [2.75, 3.05) is 5.32 Å². The van der Waals surface area contributed by atoms with Crippen LogP contribution in [0.5, 0.6) is 0 Å². The second-order valence-corrected chi connectivity index (χ2v) is 4.88. The molecule has 3 rings (SSSR count). The molecule has 16 heavy (non-hydrogen) atoms. The van der Waals surface area contributed by atoms with Crippen LogP contribution >= 0.6 is 15.9 Å². The Hall–Kier alpha value is -1.29. The number of hydrogen-bond acceptors (Lipinski definition) is 3. The quantitative estimate of drug-likeness (QED) is 0.935. The van der Waals surface area contributed by atoms with E-state index in [0.717, 1.165) is 22.5 Å². The lowest BCUT2D eigenvalue weighted by atomic mass is 10.3. The van der Waals surface area contributed by atoms with Crippen molar-refractivity contribution in [3.05, 3.63) is 47.0 Å². The molecule has 1 N–H and O–H groups in total. The molecule has 2 heterocycles. The second kappa shape index (κ2) is 3.94. The van der Waals surface area contributed by atoms with Crippen molar-refractivity contribution >= 4 is 21.7 Å². The van der Waals surface area contributed by atoms with E-state index in [0.29, 0.717) is 12.0 Å². The van der Waals surface area contributed by atoms with Gasteiger partial charge in [0.25, 0.3) is 0 Å². The fourth-order valence-corrected chi connectivity index (χ4v) is 2.18. The summed E-state index contributed by atoms with van der Waals surface area (Å²) in [6, 6.07) is 8.32. The zero-order valence-corrected chi connectivity index (χ0v) is 10.1. The standard InChI is InChI=1S/C12H11BrN2O/c13-8-3-4-14-12(6-8)15-10-7-9(10)11-2-1-5-16-11/h1-6,9-10H,7H2,(H,14,15)/t9-,10-/m1/s1. The molecule has 4 heteroatoms. The fraction of sp³-hybridized carbons (Fsp3) is 0.250. The molecule has 0 saturated heterocycles. The third-order valence-electron chi connectivity index (χ3n) is 2.75. The van der Waals surface area contributed by atoms with Gasteiger partial charge < -0.3 is 9.73 Å². The predicted octanol–water partition coefficient (Wildman–Crippen LogP) is 3.41. The van der Waals surface area contributed by atoms with Crippen LogP contribution in [0.3, 0.4) is 0 Å². The van der Waals surface area contributed by atoms with Crippen LogP contribution in [0.15, 0.2) is 45.6 Å². The van der Waals surface area contributed by atoms with Gasteiger partial charge in [0.1, 0.15) is 11.6 Å². The molecule has 1 aliphatic carbocycles. The van der Waals surface area contributed by atoms with Crippen LogP contribution in [0.2, 0.25) is 0 Å². The first kappa shape index (κ1) is 9.90. The molecule has 2 aromatic heterocycles. The minimum absolute atomic E-state index is 0.452. The highest BCUT2D eigenvalue weighted by atomic mass is 79.9. The number of anilines is 1. The Balaban J connectivity index is 1.66. The smallest absolute Gasteiger partial charge is 0.127 e. The van der Waals surface area contributed by atoms with Crippen molar-refractivity contribution in [1.82, 2.24) is 4.98 Å². The van der Waals surface area contributed by atoms with E-state index in [1.807, 2.05) is 24.3 Å². The van der Waals surface area contributed by atoms with E-state index in [1.165, 1.54) is 0 Å². The lowest BCUT2D eigenvalue weighted by Gasteiger charge is -2.03. The van der Waals surface area contributed by atoms with E-state index in [2.05, 4.69) is 26.2 Å². The van der Waals surface area contributed by atoms with E-state index < -0.39 is 0 Å². The first-order valence-corrected chi connectivity index (χ1v) is 6.04. The van der Waals surface area contributed by atoms with Crippen LogP contribution in [-0.4, -0.2) is 11.0 Å². The average Bonchev–Trinajstić information content (AvgIpc) is 2.82. The van der Waals surface area contributed by atoms with Gasteiger partial charge in [-0.05, 0) is 30.7 Å². The first-order valence-electron chi connectivity index (χ1n) is 5.24. The topological polar surface area (TPSA) is 38.1 Å². The first-order chi connectivity index (χ1) is 7.83. The molecule has 1 saturated carbocycles. The molecule has 0 spiro atoms. The number of halogens is 1. The molecular formula is C12H11BrN2O. The van der Waals surface area contributed by atoms with Gasteiger partial charge in [-0.15, -0.1) is 0 Å². The van der Waals surface area contributed by atoms with Crippen LogP contribution in [-0.2, 0) is 0 Å². The Bertz CT molecular complexity index is 484. The number of aromatic nitrogens is 1. The summed E-state index contributed by atoms with van der Waals surface area (Å²) >= 11 is 3.43. The summed E-state index contributed by atoms with van der Waals surface area (Å²) in [5.74, 6) is 2.47. The van der Waals surface area contributed by atoms with Gasteiger partial charge in [0.2, 0.25) is 0 Å². The number of hydrogen-bond donors (Lipinski definition) is 1. The highest BCUT2D eigenvalue weighted by Gasteiger charge is 2.40. The molecule has 2 atom stereocenters. The Kier molecular flexibility index (Phi) is 2.44. The Morgan fingerprint density at radius 2 is 2.38 bits per heavy atom. The van der Waals surface area contributed by atoms with E-state index >= 15 is 0 Å². The summed E-state index contributed by atoms with van der Waals surface area (Å²) in [5.41, 5.74) is 0. The number of furan rings is 1. The molecule has 0 amide bonds. The third-order valence-corrected chi connectivity index (χ3v) is 3.25. The number of rotatable bonds is 3. The van der Waals surface area contributed by atoms with Crippen LogP contribution in [0.25, 0.3) is 0 Å². The summed E-state index contributed by atoms with van der Waals surface area (Å²) in [4.78, 5) is 4.26. The van der Waals surface area contributed by atoms with E-state index in [4.69, 9.17) is 4.42 Å². The monoisotopic (exact) mass is 278 g/mol. The maximum atomic E-state index is 5.38. The Labute approximate surface area is 102 Å². The van der Waals surface area contributed by atoms with Crippen molar-refractivity contribution < 1.29 is 4.42 Å². The molecule has 1 aliphatic rings. The van der Waals surface area contributed by atoms with Crippen LogP contribution < -0.4 is 5.32 Å². The van der Waals surface area contributed by atoms with E-state index in [-0.39, 0.29) is 0 Å². The third kappa shape index (κ3) is 1.97.